The van der Waals surface area contributed by atoms with Crippen LogP contribution < -0.4 is 0 Å². The molecule has 1 spiro atoms. The molecule has 2 rings (SSSR count). The Labute approximate surface area is 115 Å². The lowest BCUT2D eigenvalue weighted by Crippen LogP contribution is -2.56. The van der Waals surface area contributed by atoms with Crippen LogP contribution in [0.25, 0.3) is 0 Å². The van der Waals surface area contributed by atoms with Crippen molar-refractivity contribution in [3.05, 3.63) is 0 Å². The highest BCUT2D eigenvalue weighted by Crippen LogP contribution is 2.56. The molecule has 0 aromatic rings. The third-order valence-corrected chi connectivity index (χ3v) is 5.93. The fourth-order valence-corrected chi connectivity index (χ4v) is 4.38. The molecule has 0 amide bonds. The van der Waals surface area contributed by atoms with Crippen LogP contribution in [-0.4, -0.2) is 17.5 Å². The van der Waals surface area contributed by atoms with Crippen LogP contribution in [0.1, 0.15) is 65.7 Å². The van der Waals surface area contributed by atoms with Crippen LogP contribution in [0.2, 0.25) is 0 Å². The second-order valence-corrected chi connectivity index (χ2v) is 8.27. The third kappa shape index (κ3) is 3.07. The van der Waals surface area contributed by atoms with E-state index in [9.17, 15) is 0 Å². The summed E-state index contributed by atoms with van der Waals surface area (Å²) >= 11 is 3.87. The van der Waals surface area contributed by atoms with E-state index in [-0.39, 0.29) is 0 Å². The Bertz CT molecular complexity index is 250. The number of rotatable bonds is 3. The van der Waals surface area contributed by atoms with Gasteiger partial charge in [-0.3, -0.25) is 0 Å². The summed E-state index contributed by atoms with van der Waals surface area (Å²) in [4.78, 5) is 0.718. The molecule has 0 N–H and O–H groups in total. The molecular weight excluding hydrogens is 276 g/mol. The van der Waals surface area contributed by atoms with Crippen molar-refractivity contribution in [2.45, 2.75) is 76.6 Å². The lowest BCUT2D eigenvalue weighted by Gasteiger charge is -2.55. The second-order valence-electron chi connectivity index (χ2n) is 7.17. The van der Waals surface area contributed by atoms with Crippen molar-refractivity contribution in [1.29, 1.82) is 0 Å². The van der Waals surface area contributed by atoms with Crippen LogP contribution in [0.4, 0.5) is 0 Å². The van der Waals surface area contributed by atoms with E-state index in [2.05, 4.69) is 36.7 Å². The Kier molecular flexibility index (Phi) is 4.24. The first-order valence-corrected chi connectivity index (χ1v) is 8.11. The number of ether oxygens (including phenoxy) is 1. The highest BCUT2D eigenvalue weighted by atomic mass is 79.9. The van der Waals surface area contributed by atoms with E-state index in [1.807, 2.05) is 0 Å². The normalized spacial score (nSPS) is 32.5. The molecule has 0 heterocycles. The quantitative estimate of drug-likeness (QED) is 0.672. The fourth-order valence-electron chi connectivity index (χ4n) is 3.29. The maximum atomic E-state index is 6.19. The molecule has 2 aliphatic carbocycles. The Morgan fingerprint density at radius 1 is 1.18 bits per heavy atom. The number of alkyl halides is 1. The molecule has 2 heteroatoms. The van der Waals surface area contributed by atoms with Crippen LogP contribution in [0, 0.1) is 10.8 Å². The van der Waals surface area contributed by atoms with Gasteiger partial charge in [0.1, 0.15) is 0 Å². The van der Waals surface area contributed by atoms with Gasteiger partial charge < -0.3 is 4.74 Å². The van der Waals surface area contributed by atoms with Crippen molar-refractivity contribution in [3.8, 4) is 0 Å². The Balaban J connectivity index is 1.81. The summed E-state index contributed by atoms with van der Waals surface area (Å²) in [7, 11) is 0. The van der Waals surface area contributed by atoms with Gasteiger partial charge in [-0.15, -0.1) is 0 Å². The first-order valence-electron chi connectivity index (χ1n) is 7.20. The Morgan fingerprint density at radius 3 is 2.35 bits per heavy atom. The van der Waals surface area contributed by atoms with Gasteiger partial charge in [-0.2, -0.15) is 0 Å². The fraction of sp³-hybridized carbons (Fsp3) is 1.00. The predicted molar refractivity (Wildman–Crippen MR) is 76.7 cm³/mol. The van der Waals surface area contributed by atoms with E-state index in [0.29, 0.717) is 16.9 Å². The van der Waals surface area contributed by atoms with Gasteiger partial charge in [0.15, 0.2) is 0 Å². The molecule has 0 aromatic heterocycles. The molecule has 0 saturated heterocycles. The molecule has 17 heavy (non-hydrogen) atoms. The lowest BCUT2D eigenvalue weighted by atomic mass is 9.58. The zero-order chi connectivity index (χ0) is 12.5. The first kappa shape index (κ1) is 13.9. The lowest BCUT2D eigenvalue weighted by molar-refractivity contribution is -0.124. The maximum Gasteiger partial charge on any atom is 0.0652 e. The average molecular weight is 303 g/mol. The van der Waals surface area contributed by atoms with Gasteiger partial charge in [0.25, 0.3) is 0 Å². The van der Waals surface area contributed by atoms with E-state index in [4.69, 9.17) is 4.74 Å². The molecule has 2 fully saturated rings. The average Bonchev–Trinajstić information content (AvgIpc) is 2.28. The maximum absolute atomic E-state index is 6.19. The molecule has 2 saturated carbocycles. The SMILES string of the molecule is CC(C)(C)CCOC1CC(Br)C12CCCCC2. The van der Waals surface area contributed by atoms with Gasteiger partial charge in [0.05, 0.1) is 6.10 Å². The molecule has 0 bridgehead atoms. The highest BCUT2D eigenvalue weighted by Gasteiger charge is 2.54. The topological polar surface area (TPSA) is 9.23 Å². The number of hydrogen-bond acceptors (Lipinski definition) is 1. The van der Waals surface area contributed by atoms with E-state index in [1.165, 1.54) is 44.9 Å². The van der Waals surface area contributed by atoms with Crippen molar-refractivity contribution in [2.75, 3.05) is 6.61 Å². The van der Waals surface area contributed by atoms with Crippen molar-refractivity contribution in [2.24, 2.45) is 10.8 Å². The van der Waals surface area contributed by atoms with Crippen molar-refractivity contribution >= 4 is 15.9 Å². The van der Waals surface area contributed by atoms with Gasteiger partial charge in [0.2, 0.25) is 0 Å². The minimum Gasteiger partial charge on any atom is -0.378 e. The molecule has 0 aromatic carbocycles. The van der Waals surface area contributed by atoms with Gasteiger partial charge in [0, 0.05) is 16.8 Å². The molecular formula is C15H27BrO. The van der Waals surface area contributed by atoms with Crippen LogP contribution in [0.3, 0.4) is 0 Å². The summed E-state index contributed by atoms with van der Waals surface area (Å²) < 4.78 is 6.19. The predicted octanol–water partition coefficient (Wildman–Crippen LogP) is 4.93. The van der Waals surface area contributed by atoms with Crippen molar-refractivity contribution in [3.63, 3.8) is 0 Å². The molecule has 2 atom stereocenters. The van der Waals surface area contributed by atoms with Gasteiger partial charge in [-0.1, -0.05) is 56.0 Å². The smallest absolute Gasteiger partial charge is 0.0652 e. The molecule has 0 aliphatic heterocycles. The van der Waals surface area contributed by atoms with Gasteiger partial charge in [-0.25, -0.2) is 0 Å². The standard InChI is InChI=1S/C15H27BrO/c1-14(2,3)9-10-17-13-11-12(16)15(13)7-5-4-6-8-15/h12-13H,4-11H2,1-3H3. The minimum absolute atomic E-state index is 0.400. The summed E-state index contributed by atoms with van der Waals surface area (Å²) in [6.07, 6.45) is 9.93. The van der Waals surface area contributed by atoms with E-state index >= 15 is 0 Å². The van der Waals surface area contributed by atoms with Crippen LogP contribution >= 0.6 is 15.9 Å². The number of halogens is 1. The second kappa shape index (κ2) is 5.21. The molecule has 0 radical (unpaired) electrons. The van der Waals surface area contributed by atoms with Crippen molar-refractivity contribution in [1.82, 2.24) is 0 Å². The first-order chi connectivity index (χ1) is 7.94. The van der Waals surface area contributed by atoms with E-state index in [0.717, 1.165) is 11.4 Å². The minimum atomic E-state index is 0.400. The Hall–Kier alpha value is 0.440. The monoisotopic (exact) mass is 302 g/mol. The number of hydrogen-bond donors (Lipinski definition) is 0. The summed E-state index contributed by atoms with van der Waals surface area (Å²) in [6, 6.07) is 0. The summed E-state index contributed by atoms with van der Waals surface area (Å²) in [6.45, 7) is 7.82. The van der Waals surface area contributed by atoms with Crippen molar-refractivity contribution < 1.29 is 4.74 Å². The summed E-state index contributed by atoms with van der Waals surface area (Å²) in [5, 5.41) is 0. The van der Waals surface area contributed by atoms with Crippen LogP contribution in [0.5, 0.6) is 0 Å². The molecule has 2 unspecified atom stereocenters. The van der Waals surface area contributed by atoms with Crippen LogP contribution in [0.15, 0.2) is 0 Å². The Morgan fingerprint density at radius 2 is 1.82 bits per heavy atom. The molecule has 2 aliphatic rings. The van der Waals surface area contributed by atoms with Crippen LogP contribution in [-0.2, 0) is 4.74 Å². The molecule has 1 nitrogen and oxygen atoms in total. The zero-order valence-corrected chi connectivity index (χ0v) is 13.2. The van der Waals surface area contributed by atoms with E-state index in [1.54, 1.807) is 0 Å². The zero-order valence-electron chi connectivity index (χ0n) is 11.6. The van der Waals surface area contributed by atoms with E-state index < -0.39 is 0 Å². The third-order valence-electron chi connectivity index (χ3n) is 4.64. The van der Waals surface area contributed by atoms with Gasteiger partial charge >= 0.3 is 0 Å². The summed E-state index contributed by atoms with van der Waals surface area (Å²) in [5.74, 6) is 0. The largest absolute Gasteiger partial charge is 0.378 e. The molecule has 100 valence electrons. The highest BCUT2D eigenvalue weighted by molar-refractivity contribution is 9.09. The summed E-state index contributed by atoms with van der Waals surface area (Å²) in [5.41, 5.74) is 0.896. The van der Waals surface area contributed by atoms with Gasteiger partial charge in [-0.05, 0) is 31.1 Å².